The van der Waals surface area contributed by atoms with Gasteiger partial charge in [-0.25, -0.2) is 4.98 Å². The number of pyridine rings is 1. The fourth-order valence-corrected chi connectivity index (χ4v) is 2.72. The summed E-state index contributed by atoms with van der Waals surface area (Å²) in [5, 5.41) is 3.06. The summed E-state index contributed by atoms with van der Waals surface area (Å²) in [6, 6.07) is 9.54. The molecule has 0 spiro atoms. The average Bonchev–Trinajstić information content (AvgIpc) is 3.06. The molecule has 0 aliphatic rings. The molecule has 0 bridgehead atoms. The molecule has 1 aromatic carbocycles. The van der Waals surface area contributed by atoms with Crippen LogP contribution in [0.5, 0.6) is 11.5 Å². The van der Waals surface area contributed by atoms with E-state index >= 15 is 0 Å². The molecule has 2 heterocycles. The largest absolute Gasteiger partial charge is 0.493 e. The number of benzene rings is 1. The van der Waals surface area contributed by atoms with E-state index < -0.39 is 0 Å². The number of guanidine groups is 1. The van der Waals surface area contributed by atoms with Crippen molar-refractivity contribution in [1.82, 2.24) is 9.38 Å². The summed E-state index contributed by atoms with van der Waals surface area (Å²) in [4.78, 5) is 9.00. The third-order valence-electron chi connectivity index (χ3n) is 4.03. The zero-order valence-corrected chi connectivity index (χ0v) is 17.9. The normalized spacial score (nSPS) is 11.1. The summed E-state index contributed by atoms with van der Waals surface area (Å²) >= 11 is 0. The minimum absolute atomic E-state index is 0. The van der Waals surface area contributed by atoms with Gasteiger partial charge in [0.2, 0.25) is 0 Å². The van der Waals surface area contributed by atoms with Gasteiger partial charge in [0.25, 0.3) is 0 Å². The lowest BCUT2D eigenvalue weighted by molar-refractivity contribution is 0.355. The van der Waals surface area contributed by atoms with E-state index in [2.05, 4.69) is 28.3 Å². The molecule has 0 aliphatic carbocycles. The Kier molecular flexibility index (Phi) is 7.28. The van der Waals surface area contributed by atoms with Crippen LogP contribution in [-0.4, -0.2) is 36.1 Å². The van der Waals surface area contributed by atoms with Crippen molar-refractivity contribution < 1.29 is 9.47 Å². The third-order valence-corrected chi connectivity index (χ3v) is 4.03. The van der Waals surface area contributed by atoms with Gasteiger partial charge in [0.05, 0.1) is 19.9 Å². The number of aromatic nitrogens is 2. The minimum atomic E-state index is 0. The van der Waals surface area contributed by atoms with Crippen molar-refractivity contribution >= 4 is 41.3 Å². The fraction of sp³-hybridized carbons (Fsp3) is 0.263. The highest BCUT2D eigenvalue weighted by Crippen LogP contribution is 2.29. The van der Waals surface area contributed by atoms with Crippen molar-refractivity contribution in [1.29, 1.82) is 0 Å². The van der Waals surface area contributed by atoms with E-state index in [1.54, 1.807) is 14.2 Å². The Morgan fingerprint density at radius 3 is 2.70 bits per heavy atom. The molecule has 8 heteroatoms. The molecule has 0 radical (unpaired) electrons. The lowest BCUT2D eigenvalue weighted by Gasteiger charge is -2.10. The first-order chi connectivity index (χ1) is 12.6. The highest BCUT2D eigenvalue weighted by atomic mass is 127. The van der Waals surface area contributed by atoms with Crippen molar-refractivity contribution in [3.05, 3.63) is 54.0 Å². The van der Waals surface area contributed by atoms with Crippen LogP contribution in [0.2, 0.25) is 0 Å². The fourth-order valence-electron chi connectivity index (χ4n) is 2.72. The zero-order chi connectivity index (χ0) is 18.5. The molecule has 0 unspecified atom stereocenters. The lowest BCUT2D eigenvalue weighted by atomic mass is 10.3. The van der Waals surface area contributed by atoms with Gasteiger partial charge in [0.1, 0.15) is 5.65 Å². The van der Waals surface area contributed by atoms with Gasteiger partial charge < -0.3 is 24.9 Å². The number of fused-ring (bicyclic) bond motifs is 1. The lowest BCUT2D eigenvalue weighted by Crippen LogP contribution is -2.23. The number of nitrogens with two attached hydrogens (primary N) is 1. The van der Waals surface area contributed by atoms with E-state index in [4.69, 9.17) is 15.2 Å². The van der Waals surface area contributed by atoms with E-state index in [1.807, 2.05) is 41.1 Å². The summed E-state index contributed by atoms with van der Waals surface area (Å²) in [6.45, 7) is 2.60. The SMILES string of the molecule is COc1ccc(NC(N)=NCCc2cn3cccc(C)c3n2)cc1OC.I. The van der Waals surface area contributed by atoms with Crippen LogP contribution in [0.4, 0.5) is 5.69 Å². The molecule has 2 aromatic heterocycles. The standard InChI is InChI=1S/C19H23N5O2.HI/c1-13-5-4-10-24-12-15(22-18(13)24)8-9-21-19(20)23-14-6-7-16(25-2)17(11-14)26-3;/h4-7,10-12H,8-9H2,1-3H3,(H3,20,21,23);1H. The first-order valence-electron chi connectivity index (χ1n) is 8.33. The predicted octanol–water partition coefficient (Wildman–Crippen LogP) is 3.25. The van der Waals surface area contributed by atoms with Gasteiger partial charge in [0.15, 0.2) is 17.5 Å². The number of rotatable bonds is 6. The van der Waals surface area contributed by atoms with Gasteiger partial charge in [-0.3, -0.25) is 4.99 Å². The number of hydrogen-bond donors (Lipinski definition) is 2. The monoisotopic (exact) mass is 481 g/mol. The minimum Gasteiger partial charge on any atom is -0.493 e. The maximum Gasteiger partial charge on any atom is 0.193 e. The number of imidazole rings is 1. The number of methoxy groups -OCH3 is 2. The molecule has 0 fully saturated rings. The van der Waals surface area contributed by atoms with Crippen LogP contribution in [0.1, 0.15) is 11.3 Å². The number of ether oxygens (including phenoxy) is 2. The van der Waals surface area contributed by atoms with Crippen LogP contribution in [-0.2, 0) is 6.42 Å². The van der Waals surface area contributed by atoms with E-state index in [0.717, 1.165) is 29.0 Å². The van der Waals surface area contributed by atoms with Gasteiger partial charge in [-0.2, -0.15) is 0 Å². The van der Waals surface area contributed by atoms with Gasteiger partial charge in [-0.15, -0.1) is 24.0 Å². The molecule has 7 nitrogen and oxygen atoms in total. The molecule has 0 amide bonds. The Morgan fingerprint density at radius 2 is 2.00 bits per heavy atom. The van der Waals surface area contributed by atoms with Gasteiger partial charge >= 0.3 is 0 Å². The number of anilines is 1. The summed E-state index contributed by atoms with van der Waals surface area (Å²) in [5.41, 5.74) is 9.87. The van der Waals surface area contributed by atoms with Crippen LogP contribution >= 0.6 is 24.0 Å². The summed E-state index contributed by atoms with van der Waals surface area (Å²) in [5.74, 6) is 1.64. The predicted molar refractivity (Wildman–Crippen MR) is 119 cm³/mol. The van der Waals surface area contributed by atoms with E-state index in [0.29, 0.717) is 24.0 Å². The highest BCUT2D eigenvalue weighted by Gasteiger charge is 2.06. The second-order valence-electron chi connectivity index (χ2n) is 5.87. The summed E-state index contributed by atoms with van der Waals surface area (Å²) in [6.07, 6.45) is 4.74. The van der Waals surface area contributed by atoms with Crippen molar-refractivity contribution in [3.63, 3.8) is 0 Å². The highest BCUT2D eigenvalue weighted by molar-refractivity contribution is 14.0. The van der Waals surface area contributed by atoms with Crippen LogP contribution in [0.15, 0.2) is 47.7 Å². The number of aliphatic imine (C=N–C) groups is 1. The molecule has 3 aromatic rings. The van der Waals surface area contributed by atoms with Crippen molar-refractivity contribution in [2.24, 2.45) is 10.7 Å². The summed E-state index contributed by atoms with van der Waals surface area (Å²) in [7, 11) is 3.19. The molecule has 27 heavy (non-hydrogen) atoms. The van der Waals surface area contributed by atoms with Gasteiger partial charge in [0, 0.05) is 37.1 Å². The quantitative estimate of drug-likeness (QED) is 0.321. The molecule has 0 saturated carbocycles. The second kappa shape index (κ2) is 9.45. The smallest absolute Gasteiger partial charge is 0.193 e. The molecule has 0 atom stereocenters. The third kappa shape index (κ3) is 5.03. The van der Waals surface area contributed by atoms with E-state index in [9.17, 15) is 0 Å². The van der Waals surface area contributed by atoms with Crippen LogP contribution in [0.3, 0.4) is 0 Å². The molecular weight excluding hydrogens is 457 g/mol. The number of halogens is 1. The van der Waals surface area contributed by atoms with E-state index in [1.165, 1.54) is 0 Å². The second-order valence-corrected chi connectivity index (χ2v) is 5.87. The molecule has 3 rings (SSSR count). The number of nitrogens with one attached hydrogen (secondary N) is 1. The zero-order valence-electron chi connectivity index (χ0n) is 15.6. The average molecular weight is 481 g/mol. The molecule has 0 aliphatic heterocycles. The summed E-state index contributed by atoms with van der Waals surface area (Å²) < 4.78 is 12.5. The Bertz CT molecular complexity index is 939. The van der Waals surface area contributed by atoms with Crippen molar-refractivity contribution in [3.8, 4) is 11.5 Å². The van der Waals surface area contributed by atoms with Crippen LogP contribution in [0, 0.1) is 6.92 Å². The topological polar surface area (TPSA) is 86.2 Å². The molecule has 3 N–H and O–H groups in total. The Morgan fingerprint density at radius 1 is 1.22 bits per heavy atom. The maximum absolute atomic E-state index is 5.97. The molecule has 144 valence electrons. The molecular formula is C19H24IN5O2. The first-order valence-corrected chi connectivity index (χ1v) is 8.33. The van der Waals surface area contributed by atoms with Crippen LogP contribution in [0.25, 0.3) is 5.65 Å². The maximum atomic E-state index is 5.97. The Balaban J connectivity index is 0.00000261. The van der Waals surface area contributed by atoms with Crippen LogP contribution < -0.4 is 20.5 Å². The Hall–Kier alpha value is -2.49. The van der Waals surface area contributed by atoms with Crippen molar-refractivity contribution in [2.75, 3.05) is 26.1 Å². The molecule has 0 saturated heterocycles. The van der Waals surface area contributed by atoms with Gasteiger partial charge in [-0.05, 0) is 30.7 Å². The first kappa shape index (κ1) is 20.8. The van der Waals surface area contributed by atoms with Crippen molar-refractivity contribution in [2.45, 2.75) is 13.3 Å². The Labute approximate surface area is 175 Å². The van der Waals surface area contributed by atoms with E-state index in [-0.39, 0.29) is 24.0 Å². The number of hydrogen-bond acceptors (Lipinski definition) is 4. The van der Waals surface area contributed by atoms with Gasteiger partial charge in [-0.1, -0.05) is 6.07 Å². The number of aryl methyl sites for hydroxylation is 1. The number of nitrogens with zero attached hydrogens (tertiary/aromatic N) is 3.